The first-order valence-electron chi connectivity index (χ1n) is 8.52. The van der Waals surface area contributed by atoms with Crippen LogP contribution in [0.1, 0.15) is 42.1 Å². The molecule has 0 aromatic heterocycles. The van der Waals surface area contributed by atoms with Crippen LogP contribution in [0.5, 0.6) is 0 Å². The quantitative estimate of drug-likeness (QED) is 0.775. The molecule has 2 amide bonds. The zero-order valence-electron chi connectivity index (χ0n) is 14.2. The van der Waals surface area contributed by atoms with Gasteiger partial charge < -0.3 is 15.3 Å². The maximum absolute atomic E-state index is 14.2. The van der Waals surface area contributed by atoms with E-state index in [0.29, 0.717) is 22.9 Å². The van der Waals surface area contributed by atoms with Crippen LogP contribution in [0.3, 0.4) is 0 Å². The fourth-order valence-corrected chi connectivity index (χ4v) is 4.59. The Labute approximate surface area is 157 Å². The summed E-state index contributed by atoms with van der Waals surface area (Å²) in [6.07, 6.45) is 0.581. The minimum Gasteiger partial charge on any atom is -0.390 e. The number of hydrogen-bond donors (Lipinski definition) is 2. The number of carbonyl (C=O) groups excluding carboxylic acids is 2. The number of rotatable bonds is 3. The molecule has 2 aliphatic carbocycles. The fraction of sp³-hybridized carbons (Fsp3) is 0.556. The van der Waals surface area contributed by atoms with E-state index in [0.717, 1.165) is 0 Å². The Balaban J connectivity index is 1.53. The van der Waals surface area contributed by atoms with Crippen molar-refractivity contribution in [2.75, 3.05) is 13.1 Å². The molecule has 0 radical (unpaired) electrons. The van der Waals surface area contributed by atoms with Gasteiger partial charge in [-0.2, -0.15) is 0 Å². The highest BCUT2D eigenvalue weighted by molar-refractivity contribution is 9.10. The van der Waals surface area contributed by atoms with Gasteiger partial charge in [-0.15, -0.1) is 0 Å². The van der Waals surface area contributed by atoms with E-state index in [2.05, 4.69) is 21.2 Å². The number of nitrogens with one attached hydrogen (secondary N) is 1. The van der Waals surface area contributed by atoms with Gasteiger partial charge in [-0.25, -0.2) is 8.78 Å². The number of aliphatic hydroxyl groups is 1. The second-order valence-electron chi connectivity index (χ2n) is 7.98. The Kier molecular flexibility index (Phi) is 3.76. The van der Waals surface area contributed by atoms with E-state index in [1.54, 1.807) is 19.1 Å². The SMILES string of the molecule is CC1(O)CC(NC(=O)CN2C[C@]3(CC3(F)F)c3cc(Br)ccc3C2=O)C1. The van der Waals surface area contributed by atoms with Gasteiger partial charge in [0.2, 0.25) is 5.91 Å². The third-order valence-corrected chi connectivity index (χ3v) is 6.14. The molecule has 2 saturated carbocycles. The van der Waals surface area contributed by atoms with Crippen molar-refractivity contribution < 1.29 is 23.5 Å². The molecule has 0 unspecified atom stereocenters. The minimum atomic E-state index is -2.88. The molecule has 1 heterocycles. The molecule has 1 aromatic rings. The van der Waals surface area contributed by atoms with E-state index >= 15 is 0 Å². The van der Waals surface area contributed by atoms with E-state index in [1.807, 2.05) is 0 Å². The predicted octanol–water partition coefficient (Wildman–Crippen LogP) is 2.21. The molecule has 8 heteroatoms. The van der Waals surface area contributed by atoms with Gasteiger partial charge in [0.15, 0.2) is 0 Å². The summed E-state index contributed by atoms with van der Waals surface area (Å²) in [4.78, 5) is 26.2. The summed E-state index contributed by atoms with van der Waals surface area (Å²) in [5.74, 6) is -3.68. The number of carbonyl (C=O) groups is 2. The highest BCUT2D eigenvalue weighted by atomic mass is 79.9. The Morgan fingerprint density at radius 1 is 1.42 bits per heavy atom. The van der Waals surface area contributed by atoms with Gasteiger partial charge in [-0.3, -0.25) is 9.59 Å². The van der Waals surface area contributed by atoms with E-state index in [-0.39, 0.29) is 31.1 Å². The molecule has 5 nitrogen and oxygen atoms in total. The van der Waals surface area contributed by atoms with Crippen LogP contribution in [0.15, 0.2) is 22.7 Å². The van der Waals surface area contributed by atoms with E-state index in [1.165, 1.54) is 11.0 Å². The number of hydrogen-bond acceptors (Lipinski definition) is 3. The molecule has 1 spiro atoms. The number of halogens is 3. The summed E-state index contributed by atoms with van der Waals surface area (Å²) in [6.45, 7) is 1.26. The molecular formula is C18H19BrF2N2O3. The molecule has 2 N–H and O–H groups in total. The van der Waals surface area contributed by atoms with Crippen molar-refractivity contribution in [3.63, 3.8) is 0 Å². The smallest absolute Gasteiger partial charge is 0.260 e. The molecule has 1 atom stereocenters. The van der Waals surface area contributed by atoms with Gasteiger partial charge in [0, 0.05) is 29.0 Å². The lowest BCUT2D eigenvalue weighted by atomic mass is 9.77. The summed E-state index contributed by atoms with van der Waals surface area (Å²) in [5, 5.41) is 12.5. The standard InChI is InChI=1S/C18H19BrF2N2O3/c1-16(26)5-11(6-16)22-14(24)7-23-9-17(8-18(17,20)21)13-4-10(19)2-3-12(13)15(23)25/h2-4,11,26H,5-9H2,1H3,(H,22,24)/t11?,16?,17-/m1/s1. The lowest BCUT2D eigenvalue weighted by molar-refractivity contribution is -0.125. The maximum atomic E-state index is 14.2. The number of benzene rings is 1. The lowest BCUT2D eigenvalue weighted by Crippen LogP contribution is -2.56. The lowest BCUT2D eigenvalue weighted by Gasteiger charge is -2.41. The molecule has 1 aromatic carbocycles. The van der Waals surface area contributed by atoms with Crippen LogP contribution in [0.4, 0.5) is 8.78 Å². The van der Waals surface area contributed by atoms with Crippen molar-refractivity contribution in [2.24, 2.45) is 0 Å². The van der Waals surface area contributed by atoms with Crippen molar-refractivity contribution in [1.82, 2.24) is 10.2 Å². The average Bonchev–Trinajstić information content (AvgIpc) is 3.04. The largest absolute Gasteiger partial charge is 0.390 e. The van der Waals surface area contributed by atoms with Crippen molar-refractivity contribution in [3.05, 3.63) is 33.8 Å². The van der Waals surface area contributed by atoms with Crippen LogP contribution in [-0.4, -0.2) is 52.5 Å². The molecule has 140 valence electrons. The average molecular weight is 429 g/mol. The first-order chi connectivity index (χ1) is 12.0. The molecule has 4 rings (SSSR count). The molecule has 3 aliphatic rings. The topological polar surface area (TPSA) is 69.6 Å². The van der Waals surface area contributed by atoms with Gasteiger partial charge in [-0.1, -0.05) is 15.9 Å². The monoisotopic (exact) mass is 428 g/mol. The molecule has 2 fully saturated rings. The summed E-state index contributed by atoms with van der Waals surface area (Å²) >= 11 is 3.28. The van der Waals surface area contributed by atoms with Crippen LogP contribution in [0.25, 0.3) is 0 Å². The summed E-state index contributed by atoms with van der Waals surface area (Å²) < 4.78 is 29.0. The van der Waals surface area contributed by atoms with Crippen LogP contribution in [-0.2, 0) is 10.2 Å². The first kappa shape index (κ1) is 17.9. The predicted molar refractivity (Wildman–Crippen MR) is 93.1 cm³/mol. The highest BCUT2D eigenvalue weighted by Crippen LogP contribution is 2.64. The van der Waals surface area contributed by atoms with E-state index in [9.17, 15) is 23.5 Å². The zero-order chi connectivity index (χ0) is 18.9. The molecule has 0 bridgehead atoms. The van der Waals surface area contributed by atoms with Crippen molar-refractivity contribution in [1.29, 1.82) is 0 Å². The first-order valence-corrected chi connectivity index (χ1v) is 9.31. The maximum Gasteiger partial charge on any atom is 0.260 e. The number of fused-ring (bicyclic) bond motifs is 2. The van der Waals surface area contributed by atoms with Gasteiger partial charge >= 0.3 is 0 Å². The zero-order valence-corrected chi connectivity index (χ0v) is 15.8. The van der Waals surface area contributed by atoms with E-state index in [4.69, 9.17) is 0 Å². The normalized spacial score (nSPS) is 34.3. The molecule has 0 saturated heterocycles. The minimum absolute atomic E-state index is 0.142. The second-order valence-corrected chi connectivity index (χ2v) is 8.90. The van der Waals surface area contributed by atoms with Gasteiger partial charge in [0.25, 0.3) is 11.8 Å². The van der Waals surface area contributed by atoms with E-state index < -0.39 is 28.8 Å². The Morgan fingerprint density at radius 2 is 2.08 bits per heavy atom. The van der Waals surface area contributed by atoms with Gasteiger partial charge in [0.1, 0.15) is 0 Å². The molecule has 26 heavy (non-hydrogen) atoms. The number of alkyl halides is 2. The van der Waals surface area contributed by atoms with Crippen molar-refractivity contribution in [2.45, 2.75) is 49.2 Å². The highest BCUT2D eigenvalue weighted by Gasteiger charge is 2.74. The Morgan fingerprint density at radius 3 is 2.65 bits per heavy atom. The summed E-state index contributed by atoms with van der Waals surface area (Å²) in [7, 11) is 0. The summed E-state index contributed by atoms with van der Waals surface area (Å²) in [6, 6.07) is 4.62. The molecule has 1 aliphatic heterocycles. The third kappa shape index (κ3) is 2.74. The Hall–Kier alpha value is -1.54. The van der Waals surface area contributed by atoms with Crippen LogP contribution in [0.2, 0.25) is 0 Å². The third-order valence-electron chi connectivity index (χ3n) is 5.65. The molecular weight excluding hydrogens is 410 g/mol. The van der Waals surface area contributed by atoms with Crippen molar-refractivity contribution in [3.8, 4) is 0 Å². The van der Waals surface area contributed by atoms with Gasteiger partial charge in [-0.05, 0) is 43.5 Å². The van der Waals surface area contributed by atoms with Crippen LogP contribution < -0.4 is 5.32 Å². The summed E-state index contributed by atoms with van der Waals surface area (Å²) in [5.41, 5.74) is -1.59. The van der Waals surface area contributed by atoms with Crippen LogP contribution in [0, 0.1) is 0 Å². The van der Waals surface area contributed by atoms with Gasteiger partial charge in [0.05, 0.1) is 17.6 Å². The fourth-order valence-electron chi connectivity index (χ4n) is 4.23. The number of amides is 2. The van der Waals surface area contributed by atoms with Crippen molar-refractivity contribution >= 4 is 27.7 Å². The Bertz CT molecular complexity index is 806. The number of nitrogens with zero attached hydrogens (tertiary/aromatic N) is 1. The van der Waals surface area contributed by atoms with Crippen LogP contribution >= 0.6 is 15.9 Å². The second kappa shape index (κ2) is 5.48.